The van der Waals surface area contributed by atoms with Crippen molar-refractivity contribution in [2.24, 2.45) is 0 Å². The Bertz CT molecular complexity index is 580. The second kappa shape index (κ2) is 5.60. The Morgan fingerprint density at radius 3 is 2.20 bits per heavy atom. The quantitative estimate of drug-likeness (QED) is 0.876. The van der Waals surface area contributed by atoms with E-state index in [4.69, 9.17) is 0 Å². The van der Waals surface area contributed by atoms with Crippen LogP contribution < -0.4 is 10.1 Å². The van der Waals surface area contributed by atoms with Crippen LogP contribution in [0.1, 0.15) is 0 Å². The lowest BCUT2D eigenvalue weighted by molar-refractivity contribution is -0.274. The maximum Gasteiger partial charge on any atom is 0.573 e. The Labute approximate surface area is 112 Å². The molecule has 0 unspecified atom stereocenters. The largest absolute Gasteiger partial charge is 0.573 e. The molecular formula is C13H8F3N2O2. The Kier molecular flexibility index (Phi) is 3.88. The monoisotopic (exact) mass is 281 g/mol. The molecule has 20 heavy (non-hydrogen) atoms. The highest BCUT2D eigenvalue weighted by Crippen LogP contribution is 2.26. The molecule has 0 atom stereocenters. The molecule has 2 rings (SSSR count). The Balaban J connectivity index is 2.15. The van der Waals surface area contributed by atoms with E-state index in [0.717, 1.165) is 0 Å². The minimum absolute atomic E-state index is 0.289. The van der Waals surface area contributed by atoms with Crippen molar-refractivity contribution in [1.29, 1.82) is 0 Å². The fourth-order valence-corrected chi connectivity index (χ4v) is 1.54. The molecule has 0 aliphatic rings. The number of nitrogens with zero attached hydrogens (tertiary/aromatic N) is 1. The molecule has 0 spiro atoms. The zero-order valence-electron chi connectivity index (χ0n) is 9.94. The summed E-state index contributed by atoms with van der Waals surface area (Å²) in [6.45, 7) is 0. The highest BCUT2D eigenvalue weighted by molar-refractivity contribution is 5.71. The molecule has 2 aromatic rings. The van der Waals surface area contributed by atoms with Gasteiger partial charge in [0, 0.05) is 11.8 Å². The number of pyridine rings is 1. The Morgan fingerprint density at radius 1 is 1.05 bits per heavy atom. The van der Waals surface area contributed by atoms with Gasteiger partial charge in [-0.2, -0.15) is 0 Å². The summed E-state index contributed by atoms with van der Waals surface area (Å²) >= 11 is 0. The van der Waals surface area contributed by atoms with E-state index in [9.17, 15) is 18.0 Å². The number of benzene rings is 1. The molecule has 1 aromatic heterocycles. The molecule has 103 valence electrons. The number of halogens is 3. The third-order valence-electron chi connectivity index (χ3n) is 2.36. The Morgan fingerprint density at radius 2 is 1.70 bits per heavy atom. The molecule has 1 radical (unpaired) electrons. The van der Waals surface area contributed by atoms with Gasteiger partial charge in [0.1, 0.15) is 11.6 Å². The van der Waals surface area contributed by atoms with E-state index < -0.39 is 6.36 Å². The third-order valence-corrected chi connectivity index (χ3v) is 2.36. The maximum atomic E-state index is 12.0. The van der Waals surface area contributed by atoms with Gasteiger partial charge in [0.2, 0.25) is 0 Å². The normalized spacial score (nSPS) is 10.9. The van der Waals surface area contributed by atoms with Crippen LogP contribution in [-0.2, 0) is 4.79 Å². The third kappa shape index (κ3) is 3.71. The van der Waals surface area contributed by atoms with Crippen LogP contribution in [0.25, 0.3) is 11.1 Å². The van der Waals surface area contributed by atoms with Crippen LogP contribution in [0.15, 0.2) is 42.6 Å². The summed E-state index contributed by atoms with van der Waals surface area (Å²) in [7, 11) is 0. The summed E-state index contributed by atoms with van der Waals surface area (Å²) in [6.07, 6.45) is -1.73. The van der Waals surface area contributed by atoms with Gasteiger partial charge in [0.05, 0.1) is 0 Å². The summed E-state index contributed by atoms with van der Waals surface area (Å²) in [4.78, 5) is 14.0. The van der Waals surface area contributed by atoms with Crippen LogP contribution >= 0.6 is 0 Å². The number of ether oxygens (including phenoxy) is 1. The molecule has 0 aliphatic carbocycles. The molecule has 0 saturated carbocycles. The highest BCUT2D eigenvalue weighted by atomic mass is 19.4. The number of alkyl halides is 3. The lowest BCUT2D eigenvalue weighted by Crippen LogP contribution is -2.16. The first kappa shape index (κ1) is 13.9. The van der Waals surface area contributed by atoms with Crippen LogP contribution in [0, 0.1) is 0 Å². The average molecular weight is 281 g/mol. The molecule has 0 bridgehead atoms. The second-order valence-electron chi connectivity index (χ2n) is 3.73. The van der Waals surface area contributed by atoms with Crippen molar-refractivity contribution in [1.82, 2.24) is 4.98 Å². The van der Waals surface area contributed by atoms with E-state index in [0.29, 0.717) is 16.9 Å². The van der Waals surface area contributed by atoms with Crippen molar-refractivity contribution in [2.75, 3.05) is 5.32 Å². The van der Waals surface area contributed by atoms with Crippen molar-refractivity contribution >= 4 is 12.2 Å². The van der Waals surface area contributed by atoms with Crippen molar-refractivity contribution in [3.05, 3.63) is 42.6 Å². The van der Waals surface area contributed by atoms with E-state index in [2.05, 4.69) is 15.0 Å². The van der Waals surface area contributed by atoms with Gasteiger partial charge in [0.25, 0.3) is 0 Å². The molecule has 0 aliphatic heterocycles. The van der Waals surface area contributed by atoms with Crippen LogP contribution in [-0.4, -0.2) is 17.8 Å². The van der Waals surface area contributed by atoms with Crippen molar-refractivity contribution in [3.8, 4) is 16.9 Å². The van der Waals surface area contributed by atoms with Gasteiger partial charge >= 0.3 is 12.8 Å². The predicted octanol–water partition coefficient (Wildman–Crippen LogP) is 3.13. The number of hydrogen-bond donors (Lipinski definition) is 1. The standard InChI is InChI=1S/C13H8F3N2O2/c14-13(15,16)20-11-4-1-9(2-5-11)10-3-6-12(17-7-10)18-8-19/h1-7H,(H,17,18,19). The molecule has 7 heteroatoms. The lowest BCUT2D eigenvalue weighted by Gasteiger charge is -2.09. The number of amides is 1. The molecular weight excluding hydrogens is 273 g/mol. The van der Waals surface area contributed by atoms with Gasteiger partial charge in [-0.05, 0) is 29.8 Å². The first-order valence-electron chi connectivity index (χ1n) is 5.43. The van der Waals surface area contributed by atoms with Gasteiger partial charge in [0.15, 0.2) is 0 Å². The van der Waals surface area contributed by atoms with E-state index in [1.165, 1.54) is 36.9 Å². The van der Waals surface area contributed by atoms with Crippen molar-refractivity contribution in [2.45, 2.75) is 6.36 Å². The summed E-state index contributed by atoms with van der Waals surface area (Å²) in [5.74, 6) is 0.0452. The second-order valence-corrected chi connectivity index (χ2v) is 3.73. The summed E-state index contributed by atoms with van der Waals surface area (Å²) in [6, 6.07) is 8.63. The molecule has 1 heterocycles. The van der Waals surface area contributed by atoms with Crippen molar-refractivity contribution < 1.29 is 22.7 Å². The van der Waals surface area contributed by atoms with Crippen LogP contribution in [0.2, 0.25) is 0 Å². The molecule has 0 fully saturated rings. The molecule has 1 N–H and O–H groups in total. The SMILES string of the molecule is O=[C]Nc1ccc(-c2ccc(OC(F)(F)F)cc2)cn1. The van der Waals surface area contributed by atoms with Gasteiger partial charge in [-0.1, -0.05) is 12.1 Å². The minimum atomic E-state index is -4.71. The van der Waals surface area contributed by atoms with E-state index >= 15 is 0 Å². The van der Waals surface area contributed by atoms with Crippen LogP contribution in [0.5, 0.6) is 5.75 Å². The average Bonchev–Trinajstić information content (AvgIpc) is 2.39. The van der Waals surface area contributed by atoms with Crippen LogP contribution in [0.3, 0.4) is 0 Å². The van der Waals surface area contributed by atoms with Crippen LogP contribution in [0.4, 0.5) is 19.0 Å². The van der Waals surface area contributed by atoms with E-state index in [1.807, 2.05) is 0 Å². The van der Waals surface area contributed by atoms with E-state index in [1.54, 1.807) is 12.1 Å². The summed E-state index contributed by atoms with van der Waals surface area (Å²) < 4.78 is 39.8. The topological polar surface area (TPSA) is 51.2 Å². The maximum absolute atomic E-state index is 12.0. The van der Waals surface area contributed by atoms with Gasteiger partial charge in [-0.3, -0.25) is 4.79 Å². The van der Waals surface area contributed by atoms with Gasteiger partial charge in [-0.25, -0.2) is 4.98 Å². The highest BCUT2D eigenvalue weighted by Gasteiger charge is 2.30. The molecule has 0 saturated heterocycles. The van der Waals surface area contributed by atoms with Crippen molar-refractivity contribution in [3.63, 3.8) is 0 Å². The number of anilines is 1. The number of nitrogens with one attached hydrogen (secondary N) is 1. The summed E-state index contributed by atoms with van der Waals surface area (Å²) in [5, 5.41) is 2.26. The smallest absolute Gasteiger partial charge is 0.406 e. The van der Waals surface area contributed by atoms with E-state index in [-0.39, 0.29) is 5.75 Å². The predicted molar refractivity (Wildman–Crippen MR) is 65.7 cm³/mol. The summed E-state index contributed by atoms with van der Waals surface area (Å²) in [5.41, 5.74) is 1.37. The zero-order chi connectivity index (χ0) is 14.6. The fraction of sp³-hybridized carbons (Fsp3) is 0.0769. The van der Waals surface area contributed by atoms with Gasteiger partial charge < -0.3 is 10.1 Å². The first-order valence-corrected chi connectivity index (χ1v) is 5.43. The first-order chi connectivity index (χ1) is 9.48. The number of aromatic nitrogens is 1. The zero-order valence-corrected chi connectivity index (χ0v) is 9.94. The molecule has 1 amide bonds. The number of hydrogen-bond acceptors (Lipinski definition) is 3. The lowest BCUT2D eigenvalue weighted by atomic mass is 10.1. The van der Waals surface area contributed by atoms with Gasteiger partial charge in [-0.15, -0.1) is 13.2 Å². The number of carbonyl (C=O) groups excluding carboxylic acids is 1. The number of rotatable bonds is 4. The molecule has 4 nitrogen and oxygen atoms in total. The fourth-order valence-electron chi connectivity index (χ4n) is 1.54. The molecule has 1 aromatic carbocycles. The Hall–Kier alpha value is -2.57. The minimum Gasteiger partial charge on any atom is -0.406 e.